The Labute approximate surface area is 217 Å². The summed E-state index contributed by atoms with van der Waals surface area (Å²) in [5.74, 6) is -0.624. The second-order valence-electron chi connectivity index (χ2n) is 8.55. The number of aromatic nitrogens is 1. The van der Waals surface area contributed by atoms with Gasteiger partial charge in [-0.05, 0) is 42.5 Å². The van der Waals surface area contributed by atoms with Crippen molar-refractivity contribution in [2.45, 2.75) is 39.0 Å². The van der Waals surface area contributed by atoms with E-state index in [0.717, 1.165) is 21.3 Å². The Morgan fingerprint density at radius 1 is 0.972 bits per heavy atom. The fourth-order valence-corrected chi connectivity index (χ4v) is 6.16. The van der Waals surface area contributed by atoms with Crippen molar-refractivity contribution in [3.63, 3.8) is 0 Å². The lowest BCUT2D eigenvalue weighted by Crippen LogP contribution is -2.12. The van der Waals surface area contributed by atoms with Gasteiger partial charge < -0.3 is 10.4 Å². The number of rotatable bonds is 9. The van der Waals surface area contributed by atoms with Crippen molar-refractivity contribution in [2.24, 2.45) is 10.2 Å². The maximum atomic E-state index is 13.0. The average molecular weight is 515 g/mol. The molecule has 0 spiro atoms. The van der Waals surface area contributed by atoms with E-state index < -0.39 is 5.91 Å². The van der Waals surface area contributed by atoms with Gasteiger partial charge >= 0.3 is 0 Å². The van der Waals surface area contributed by atoms with Crippen molar-refractivity contribution in [3.05, 3.63) is 77.2 Å². The predicted octanol–water partition coefficient (Wildman–Crippen LogP) is 9.01. The van der Waals surface area contributed by atoms with E-state index in [1.165, 1.54) is 41.9 Å². The molecular formula is C28H26N4O2S2. The molecule has 0 saturated heterocycles. The number of anilines is 1. The summed E-state index contributed by atoms with van der Waals surface area (Å²) in [5.41, 5.74) is 1.03. The number of phenols is 1. The number of carbonyl (C=O) groups excluding carboxylic acids is 1. The average Bonchev–Trinajstić information content (AvgIpc) is 3.45. The van der Waals surface area contributed by atoms with Crippen LogP contribution in [0.3, 0.4) is 0 Å². The van der Waals surface area contributed by atoms with Gasteiger partial charge in [0.25, 0.3) is 5.91 Å². The first-order chi connectivity index (χ1) is 17.6. The van der Waals surface area contributed by atoms with E-state index in [1.807, 2.05) is 42.5 Å². The molecule has 0 bridgehead atoms. The lowest BCUT2D eigenvalue weighted by Gasteiger charge is -2.11. The summed E-state index contributed by atoms with van der Waals surface area (Å²) in [6, 6.07) is 20.5. The fraction of sp³-hybridized carbons (Fsp3) is 0.214. The molecule has 6 nitrogen and oxygen atoms in total. The van der Waals surface area contributed by atoms with Gasteiger partial charge in [-0.2, -0.15) is 0 Å². The van der Waals surface area contributed by atoms with Crippen LogP contribution in [-0.2, 0) is 6.42 Å². The van der Waals surface area contributed by atoms with Crippen molar-refractivity contribution < 1.29 is 9.90 Å². The van der Waals surface area contributed by atoms with Gasteiger partial charge in [-0.3, -0.25) is 4.79 Å². The van der Waals surface area contributed by atoms with Gasteiger partial charge in [0.2, 0.25) is 5.13 Å². The monoisotopic (exact) mass is 514 g/mol. The molecule has 2 aromatic heterocycles. The molecule has 3 aromatic carbocycles. The molecule has 36 heavy (non-hydrogen) atoms. The van der Waals surface area contributed by atoms with E-state index in [1.54, 1.807) is 29.5 Å². The number of fused-ring (bicyclic) bond motifs is 2. The molecular weight excluding hydrogens is 488 g/mol. The molecule has 1 amide bonds. The number of nitrogens with zero attached hydrogens (tertiary/aromatic N) is 3. The molecule has 0 unspecified atom stereocenters. The third-order valence-electron chi connectivity index (χ3n) is 5.91. The predicted molar refractivity (Wildman–Crippen MR) is 150 cm³/mol. The van der Waals surface area contributed by atoms with Gasteiger partial charge in [-0.15, -0.1) is 21.6 Å². The molecule has 5 rings (SSSR count). The summed E-state index contributed by atoms with van der Waals surface area (Å²) < 4.78 is 1.10. The fourth-order valence-electron chi connectivity index (χ4n) is 4.07. The smallest absolute Gasteiger partial charge is 0.259 e. The van der Waals surface area contributed by atoms with Crippen LogP contribution >= 0.6 is 22.7 Å². The van der Waals surface area contributed by atoms with Crippen LogP contribution < -0.4 is 5.32 Å². The summed E-state index contributed by atoms with van der Waals surface area (Å²) in [6.45, 7) is 2.22. The highest BCUT2D eigenvalue weighted by Crippen LogP contribution is 2.41. The highest BCUT2D eigenvalue weighted by atomic mass is 32.1. The minimum atomic E-state index is -0.415. The zero-order valence-electron chi connectivity index (χ0n) is 19.9. The third kappa shape index (κ3) is 5.29. The number of unbranched alkanes of at least 4 members (excludes halogenated alkanes) is 3. The highest BCUT2D eigenvalue weighted by Gasteiger charge is 2.19. The summed E-state index contributed by atoms with van der Waals surface area (Å²) in [4.78, 5) is 19.9. The number of thiazole rings is 1. The maximum Gasteiger partial charge on any atom is 0.259 e. The van der Waals surface area contributed by atoms with Gasteiger partial charge in [0.1, 0.15) is 10.5 Å². The number of para-hydroxylation sites is 1. The second kappa shape index (κ2) is 11.0. The summed E-state index contributed by atoms with van der Waals surface area (Å²) >= 11 is 3.19. The van der Waals surface area contributed by atoms with E-state index >= 15 is 0 Å². The standard InChI is InChI=1S/C28H26N4O2S2/c1-2-3-4-8-14-20-17-23-27(35-20)30-28(36-23)32-31-24-21-15-10-9-11-18(21)16-22(25(24)33)26(34)29-19-12-6-5-7-13-19/h5-7,9-13,15-17,33H,2-4,8,14H2,1H3,(H,29,34). The van der Waals surface area contributed by atoms with Crippen LogP contribution in [0.4, 0.5) is 16.5 Å². The van der Waals surface area contributed by atoms with Crippen molar-refractivity contribution in [1.82, 2.24) is 4.98 Å². The Bertz CT molecular complexity index is 1510. The van der Waals surface area contributed by atoms with Crippen LogP contribution in [0.5, 0.6) is 5.75 Å². The number of phenolic OH excluding ortho intramolecular Hbond substituents is 1. The Hall–Kier alpha value is -3.62. The van der Waals surface area contributed by atoms with Gasteiger partial charge in [0, 0.05) is 16.0 Å². The van der Waals surface area contributed by atoms with Gasteiger partial charge in [0.05, 0.1) is 10.3 Å². The first kappa shape index (κ1) is 24.1. The van der Waals surface area contributed by atoms with Crippen molar-refractivity contribution in [3.8, 4) is 5.75 Å². The van der Waals surface area contributed by atoms with Gasteiger partial charge in [0.15, 0.2) is 5.75 Å². The van der Waals surface area contributed by atoms with E-state index in [-0.39, 0.29) is 17.0 Å². The number of nitrogens with one attached hydrogen (secondary N) is 1. The quantitative estimate of drug-likeness (QED) is 0.152. The topological polar surface area (TPSA) is 86.9 Å². The Morgan fingerprint density at radius 2 is 1.78 bits per heavy atom. The molecule has 8 heteroatoms. The molecule has 0 radical (unpaired) electrons. The lowest BCUT2D eigenvalue weighted by atomic mass is 10.0. The highest BCUT2D eigenvalue weighted by molar-refractivity contribution is 7.28. The Kier molecular flexibility index (Phi) is 7.34. The zero-order chi connectivity index (χ0) is 24.9. The molecule has 0 atom stereocenters. The maximum absolute atomic E-state index is 13.0. The number of amides is 1. The minimum absolute atomic E-state index is 0.138. The molecule has 182 valence electrons. The van der Waals surface area contributed by atoms with Crippen LogP contribution in [0.2, 0.25) is 0 Å². The number of aromatic hydroxyl groups is 1. The molecule has 0 saturated carbocycles. The number of azo groups is 1. The molecule has 5 aromatic rings. The van der Waals surface area contributed by atoms with E-state index in [0.29, 0.717) is 16.2 Å². The number of hydrogen-bond acceptors (Lipinski definition) is 7. The van der Waals surface area contributed by atoms with Crippen LogP contribution in [0, 0.1) is 0 Å². The number of carbonyl (C=O) groups is 1. The Balaban J connectivity index is 1.42. The lowest BCUT2D eigenvalue weighted by molar-refractivity contribution is 0.102. The number of benzene rings is 3. The normalized spacial score (nSPS) is 11.6. The van der Waals surface area contributed by atoms with Crippen LogP contribution in [0.1, 0.15) is 47.8 Å². The van der Waals surface area contributed by atoms with E-state index in [4.69, 9.17) is 0 Å². The van der Waals surface area contributed by atoms with E-state index in [2.05, 4.69) is 33.5 Å². The number of aryl methyl sites for hydroxylation is 1. The van der Waals surface area contributed by atoms with Crippen molar-refractivity contribution in [2.75, 3.05) is 5.32 Å². The van der Waals surface area contributed by atoms with Crippen LogP contribution in [-0.4, -0.2) is 16.0 Å². The van der Waals surface area contributed by atoms with Crippen molar-refractivity contribution in [1.29, 1.82) is 0 Å². The second-order valence-corrected chi connectivity index (χ2v) is 10.7. The first-order valence-electron chi connectivity index (χ1n) is 12.0. The molecule has 0 aliphatic rings. The number of thiophene rings is 1. The summed E-state index contributed by atoms with van der Waals surface area (Å²) in [6.07, 6.45) is 6.06. The molecule has 2 heterocycles. The molecule has 0 aliphatic carbocycles. The van der Waals surface area contributed by atoms with Crippen LogP contribution in [0.25, 0.3) is 20.3 Å². The zero-order valence-corrected chi connectivity index (χ0v) is 21.5. The van der Waals surface area contributed by atoms with Crippen molar-refractivity contribution >= 4 is 65.4 Å². The molecule has 0 fully saturated rings. The summed E-state index contributed by atoms with van der Waals surface area (Å²) in [7, 11) is 0. The number of hydrogen-bond donors (Lipinski definition) is 2. The molecule has 2 N–H and O–H groups in total. The van der Waals surface area contributed by atoms with Crippen LogP contribution in [0.15, 0.2) is 77.0 Å². The van der Waals surface area contributed by atoms with Gasteiger partial charge in [-0.1, -0.05) is 80.0 Å². The molecule has 0 aliphatic heterocycles. The summed E-state index contributed by atoms with van der Waals surface area (Å²) in [5, 5.41) is 24.6. The van der Waals surface area contributed by atoms with Gasteiger partial charge in [-0.25, -0.2) is 4.98 Å². The first-order valence-corrected chi connectivity index (χ1v) is 13.7. The minimum Gasteiger partial charge on any atom is -0.505 e. The van der Waals surface area contributed by atoms with E-state index in [9.17, 15) is 9.90 Å². The SMILES string of the molecule is CCCCCCc1cc2sc(N=Nc3c(O)c(C(=O)Nc4ccccc4)cc4ccccc34)nc2s1. The Morgan fingerprint density at radius 3 is 2.58 bits per heavy atom. The largest absolute Gasteiger partial charge is 0.505 e. The third-order valence-corrected chi connectivity index (χ3v) is 8.02.